The van der Waals surface area contributed by atoms with Gasteiger partial charge in [-0.2, -0.15) is 0 Å². The molecule has 6 heteroatoms. The highest BCUT2D eigenvalue weighted by Gasteiger charge is 2.61. The minimum atomic E-state index is -0.157. The van der Waals surface area contributed by atoms with Crippen LogP contribution in [0, 0.1) is 23.7 Å². The predicted molar refractivity (Wildman–Crippen MR) is 91.1 cm³/mol. The topological polar surface area (TPSA) is 59.7 Å². The zero-order valence-electron chi connectivity index (χ0n) is 14.8. The fourth-order valence-corrected chi connectivity index (χ4v) is 5.65. The van der Waals surface area contributed by atoms with Crippen molar-refractivity contribution < 1.29 is 9.63 Å². The van der Waals surface area contributed by atoms with Gasteiger partial charge in [-0.05, 0) is 50.9 Å². The number of oxime groups is 1. The molecule has 0 aromatic carbocycles. The molecule has 1 aromatic rings. The first-order valence-electron chi connectivity index (χ1n) is 9.53. The van der Waals surface area contributed by atoms with E-state index in [9.17, 15) is 4.79 Å². The Morgan fingerprint density at radius 3 is 2.52 bits per heavy atom. The third-order valence-electron chi connectivity index (χ3n) is 7.24. The van der Waals surface area contributed by atoms with Crippen molar-refractivity contribution in [1.29, 1.82) is 0 Å². The van der Waals surface area contributed by atoms with Crippen LogP contribution in [0.3, 0.4) is 0 Å². The molecule has 7 rings (SSSR count). The van der Waals surface area contributed by atoms with Gasteiger partial charge in [-0.25, -0.2) is 4.98 Å². The van der Waals surface area contributed by atoms with Crippen molar-refractivity contribution in [2.75, 3.05) is 13.1 Å². The van der Waals surface area contributed by atoms with Gasteiger partial charge in [-0.15, -0.1) is 0 Å². The maximum atomic E-state index is 12.8. The van der Waals surface area contributed by atoms with Crippen molar-refractivity contribution in [3.8, 4) is 0 Å². The van der Waals surface area contributed by atoms with Crippen LogP contribution in [0.4, 0.5) is 0 Å². The molecule has 1 amide bonds. The third kappa shape index (κ3) is 1.88. The summed E-state index contributed by atoms with van der Waals surface area (Å²) in [6, 6.07) is 0. The molecule has 2 bridgehead atoms. The summed E-state index contributed by atoms with van der Waals surface area (Å²) >= 11 is 0. The van der Waals surface area contributed by atoms with E-state index in [1.54, 1.807) is 0 Å². The van der Waals surface area contributed by atoms with E-state index >= 15 is 0 Å². The van der Waals surface area contributed by atoms with Crippen LogP contribution in [-0.4, -0.2) is 44.8 Å². The summed E-state index contributed by atoms with van der Waals surface area (Å²) in [5.41, 5.74) is 1.97. The van der Waals surface area contributed by atoms with Gasteiger partial charge in [-0.3, -0.25) is 4.79 Å². The van der Waals surface area contributed by atoms with Crippen LogP contribution in [0.5, 0.6) is 0 Å². The lowest BCUT2D eigenvalue weighted by atomic mass is 9.50. The van der Waals surface area contributed by atoms with E-state index in [4.69, 9.17) is 4.84 Å². The van der Waals surface area contributed by atoms with E-state index in [0.717, 1.165) is 25.4 Å². The third-order valence-corrected chi connectivity index (χ3v) is 7.24. The molecule has 2 aliphatic heterocycles. The summed E-state index contributed by atoms with van der Waals surface area (Å²) in [5, 5.41) is 4.31. The minimum absolute atomic E-state index is 0.0984. The van der Waals surface area contributed by atoms with Crippen LogP contribution in [-0.2, 0) is 10.4 Å². The molecule has 4 saturated carbocycles. The quantitative estimate of drug-likeness (QED) is 0.848. The summed E-state index contributed by atoms with van der Waals surface area (Å²) in [5.74, 6) is 2.70. The molecular weight excluding hydrogens is 316 g/mol. The average molecular weight is 340 g/mol. The maximum absolute atomic E-state index is 12.8. The van der Waals surface area contributed by atoms with E-state index < -0.39 is 0 Å². The number of hydrogen-bond donors (Lipinski definition) is 0. The molecule has 2 unspecified atom stereocenters. The Balaban J connectivity index is 1.11. The highest BCUT2D eigenvalue weighted by molar-refractivity contribution is 5.94. The Kier molecular flexibility index (Phi) is 2.45. The number of nitrogens with zero attached hydrogens (tertiary/aromatic N) is 4. The predicted octanol–water partition coefficient (Wildman–Crippen LogP) is 2.27. The fraction of sp³-hybridized carbons (Fsp3) is 0.737. The molecule has 4 aliphatic carbocycles. The Hall–Kier alpha value is -1.85. The van der Waals surface area contributed by atoms with E-state index in [1.165, 1.54) is 25.0 Å². The molecule has 1 saturated heterocycles. The second-order valence-electron chi connectivity index (χ2n) is 9.54. The number of imidazole rings is 1. The first kappa shape index (κ1) is 14.3. The van der Waals surface area contributed by atoms with Crippen molar-refractivity contribution in [3.63, 3.8) is 0 Å². The van der Waals surface area contributed by atoms with E-state index in [0.29, 0.717) is 29.0 Å². The number of rotatable bonds is 3. The Morgan fingerprint density at radius 2 is 1.96 bits per heavy atom. The molecule has 0 N–H and O–H groups in total. The molecule has 6 aliphatic rings. The summed E-state index contributed by atoms with van der Waals surface area (Å²) in [6.07, 6.45) is 8.59. The minimum Gasteiger partial charge on any atom is -0.389 e. The van der Waals surface area contributed by atoms with Crippen molar-refractivity contribution in [2.45, 2.75) is 50.7 Å². The van der Waals surface area contributed by atoms with Gasteiger partial charge in [0.05, 0.1) is 12.0 Å². The Labute approximate surface area is 147 Å². The number of amides is 1. The zero-order valence-corrected chi connectivity index (χ0v) is 14.8. The van der Waals surface area contributed by atoms with Crippen molar-refractivity contribution in [1.82, 2.24) is 14.5 Å². The summed E-state index contributed by atoms with van der Waals surface area (Å²) < 4.78 is 2.20. The van der Waals surface area contributed by atoms with Gasteiger partial charge >= 0.3 is 0 Å². The van der Waals surface area contributed by atoms with Crippen molar-refractivity contribution in [3.05, 3.63) is 18.2 Å². The van der Waals surface area contributed by atoms with Gasteiger partial charge in [0.1, 0.15) is 11.3 Å². The average Bonchev–Trinajstić information content (AvgIpc) is 2.93. The second kappa shape index (κ2) is 4.27. The summed E-state index contributed by atoms with van der Waals surface area (Å²) in [6.45, 7) is 5.85. The van der Waals surface area contributed by atoms with Crippen molar-refractivity contribution >= 4 is 11.6 Å². The SMILES string of the molecule is CC1(C)CC(C2C3CN(C(=O)c4cn(C56CC(C5)C6)cn4)CC32)=NO1. The first-order valence-corrected chi connectivity index (χ1v) is 9.53. The van der Waals surface area contributed by atoms with Crippen LogP contribution < -0.4 is 0 Å². The molecular formula is C19H24N4O2. The lowest BCUT2D eigenvalue weighted by molar-refractivity contribution is -0.0890. The first-order chi connectivity index (χ1) is 11.9. The van der Waals surface area contributed by atoms with Crippen molar-refractivity contribution in [2.24, 2.45) is 28.8 Å². The van der Waals surface area contributed by atoms with Gasteiger partial charge in [0.15, 0.2) is 0 Å². The molecule has 2 atom stereocenters. The van der Waals surface area contributed by atoms with Gasteiger partial charge in [0, 0.05) is 37.2 Å². The van der Waals surface area contributed by atoms with Gasteiger partial charge in [-0.1, -0.05) is 5.16 Å². The monoisotopic (exact) mass is 340 g/mol. The smallest absolute Gasteiger partial charge is 0.274 e. The van der Waals surface area contributed by atoms with Gasteiger partial charge < -0.3 is 14.3 Å². The number of piperidine rings is 1. The highest BCUT2D eigenvalue weighted by atomic mass is 16.7. The number of fused-ring (bicyclic) bond motifs is 1. The van der Waals surface area contributed by atoms with Gasteiger partial charge in [0.2, 0.25) is 0 Å². The molecule has 5 fully saturated rings. The molecule has 0 spiro atoms. The number of hydrogen-bond acceptors (Lipinski definition) is 4. The van der Waals surface area contributed by atoms with Gasteiger partial charge in [0.25, 0.3) is 5.91 Å². The number of aromatic nitrogens is 2. The molecule has 0 radical (unpaired) electrons. The van der Waals surface area contributed by atoms with E-state index in [-0.39, 0.29) is 11.5 Å². The van der Waals surface area contributed by atoms with Crippen LogP contribution in [0.15, 0.2) is 17.7 Å². The lowest BCUT2D eigenvalue weighted by Gasteiger charge is -2.62. The van der Waals surface area contributed by atoms with Crippen LogP contribution >= 0.6 is 0 Å². The highest BCUT2D eigenvalue weighted by Crippen LogP contribution is 2.62. The number of likely N-dealkylation sites (tertiary alicyclic amines) is 1. The second-order valence-corrected chi connectivity index (χ2v) is 9.54. The summed E-state index contributed by atoms with van der Waals surface area (Å²) in [4.78, 5) is 24.7. The molecule has 1 aromatic heterocycles. The molecule has 3 heterocycles. The fourth-order valence-electron chi connectivity index (χ4n) is 5.65. The van der Waals surface area contributed by atoms with E-state index in [2.05, 4.69) is 28.6 Å². The van der Waals surface area contributed by atoms with Crippen LogP contribution in [0.2, 0.25) is 0 Å². The number of carbonyl (C=O) groups excluding carboxylic acids is 1. The molecule has 132 valence electrons. The normalized spacial score (nSPS) is 42.2. The summed E-state index contributed by atoms with van der Waals surface area (Å²) in [7, 11) is 0. The standard InChI is InChI=1S/C19H24N4O2/c1-18(2)6-14(21-25-18)16-12-7-22(8-13(12)16)17(24)15-9-23(10-20-15)19-3-11(4-19)5-19/h9-13,16H,3-8H2,1-2H3. The molecule has 25 heavy (non-hydrogen) atoms. The van der Waals surface area contributed by atoms with Crippen LogP contribution in [0.25, 0.3) is 0 Å². The zero-order chi connectivity index (χ0) is 17.0. The molecule has 6 nitrogen and oxygen atoms in total. The Bertz CT molecular complexity index is 781. The lowest BCUT2D eigenvalue weighted by Crippen LogP contribution is -2.58. The van der Waals surface area contributed by atoms with E-state index in [1.807, 2.05) is 17.4 Å². The largest absolute Gasteiger partial charge is 0.389 e. The maximum Gasteiger partial charge on any atom is 0.274 e. The number of carbonyl (C=O) groups is 1. The van der Waals surface area contributed by atoms with Crippen LogP contribution in [0.1, 0.15) is 50.0 Å². The Morgan fingerprint density at radius 1 is 1.24 bits per heavy atom.